The molecule has 1 fully saturated rings. The summed E-state index contributed by atoms with van der Waals surface area (Å²) in [6.07, 6.45) is 5.67. The first-order chi connectivity index (χ1) is 9.38. The highest BCUT2D eigenvalue weighted by atomic mass is 16.5. The number of aromatic nitrogens is 4. The van der Waals surface area contributed by atoms with Crippen LogP contribution in [0.5, 0.6) is 0 Å². The van der Waals surface area contributed by atoms with Crippen LogP contribution < -0.4 is 4.90 Å². The van der Waals surface area contributed by atoms with Crippen molar-refractivity contribution in [2.75, 3.05) is 18.6 Å². The van der Waals surface area contributed by atoms with Crippen LogP contribution in [-0.4, -0.2) is 33.8 Å². The molecule has 3 rings (SSSR count). The van der Waals surface area contributed by atoms with Crippen molar-refractivity contribution in [1.29, 1.82) is 0 Å². The standard InChI is InChI=1S/C13H17N5O/c1-19-8-10-7-13(15-9-14-10)18-6-2-3-12(18)11-4-5-16-17-11/h4-5,7,9,12H,2-3,6,8H2,1H3,(H,16,17). The van der Waals surface area contributed by atoms with E-state index in [1.54, 1.807) is 19.6 Å². The lowest BCUT2D eigenvalue weighted by atomic mass is 10.1. The zero-order valence-electron chi connectivity index (χ0n) is 10.9. The molecule has 0 spiro atoms. The van der Waals surface area contributed by atoms with Crippen molar-refractivity contribution in [2.24, 2.45) is 0 Å². The fraction of sp³-hybridized carbons (Fsp3) is 0.462. The van der Waals surface area contributed by atoms with E-state index in [0.717, 1.165) is 36.6 Å². The van der Waals surface area contributed by atoms with Gasteiger partial charge in [-0.2, -0.15) is 5.10 Å². The molecule has 6 nitrogen and oxygen atoms in total. The van der Waals surface area contributed by atoms with Crippen molar-refractivity contribution in [1.82, 2.24) is 20.2 Å². The summed E-state index contributed by atoms with van der Waals surface area (Å²) < 4.78 is 5.12. The molecule has 6 heteroatoms. The molecular weight excluding hydrogens is 242 g/mol. The second kappa shape index (κ2) is 5.36. The van der Waals surface area contributed by atoms with E-state index in [1.165, 1.54) is 0 Å². The molecule has 1 atom stereocenters. The van der Waals surface area contributed by atoms with Crippen LogP contribution in [0.1, 0.15) is 30.3 Å². The summed E-state index contributed by atoms with van der Waals surface area (Å²) in [5.74, 6) is 0.958. The van der Waals surface area contributed by atoms with Crippen molar-refractivity contribution in [3.63, 3.8) is 0 Å². The minimum atomic E-state index is 0.327. The number of nitrogens with one attached hydrogen (secondary N) is 1. The van der Waals surface area contributed by atoms with Gasteiger partial charge >= 0.3 is 0 Å². The third-order valence-corrected chi connectivity index (χ3v) is 3.43. The van der Waals surface area contributed by atoms with Gasteiger partial charge in [0.1, 0.15) is 12.1 Å². The number of ether oxygens (including phenoxy) is 1. The lowest BCUT2D eigenvalue weighted by Gasteiger charge is -2.24. The predicted molar refractivity (Wildman–Crippen MR) is 70.7 cm³/mol. The molecule has 0 aromatic carbocycles. The third kappa shape index (κ3) is 2.44. The van der Waals surface area contributed by atoms with E-state index in [9.17, 15) is 0 Å². The smallest absolute Gasteiger partial charge is 0.132 e. The minimum absolute atomic E-state index is 0.327. The molecule has 1 aliphatic heterocycles. The number of aromatic amines is 1. The number of hydrogen-bond donors (Lipinski definition) is 1. The Balaban J connectivity index is 1.86. The molecule has 1 N–H and O–H groups in total. The van der Waals surface area contributed by atoms with Gasteiger partial charge in [-0.15, -0.1) is 0 Å². The molecule has 2 aromatic rings. The zero-order valence-corrected chi connectivity index (χ0v) is 10.9. The highest BCUT2D eigenvalue weighted by Crippen LogP contribution is 2.34. The summed E-state index contributed by atoms with van der Waals surface area (Å²) in [5, 5.41) is 7.10. The summed E-state index contributed by atoms with van der Waals surface area (Å²) in [6, 6.07) is 4.35. The van der Waals surface area contributed by atoms with Crippen molar-refractivity contribution in [3.05, 3.63) is 36.0 Å². The maximum atomic E-state index is 5.12. The molecular formula is C13H17N5O. The van der Waals surface area contributed by atoms with Gasteiger partial charge in [0.2, 0.25) is 0 Å². The zero-order chi connectivity index (χ0) is 13.1. The Hall–Kier alpha value is -1.95. The van der Waals surface area contributed by atoms with Crippen molar-refractivity contribution >= 4 is 5.82 Å². The fourth-order valence-electron chi connectivity index (χ4n) is 2.59. The maximum absolute atomic E-state index is 5.12. The average Bonchev–Trinajstić information content (AvgIpc) is 3.10. The Morgan fingerprint density at radius 1 is 1.47 bits per heavy atom. The van der Waals surface area contributed by atoms with Gasteiger partial charge in [0, 0.05) is 25.9 Å². The summed E-state index contributed by atoms with van der Waals surface area (Å²) in [7, 11) is 1.67. The number of nitrogens with zero attached hydrogens (tertiary/aromatic N) is 4. The van der Waals surface area contributed by atoms with Crippen LogP contribution in [0.2, 0.25) is 0 Å². The number of H-pyrrole nitrogens is 1. The van der Waals surface area contributed by atoms with Gasteiger partial charge in [0.25, 0.3) is 0 Å². The number of anilines is 1. The van der Waals surface area contributed by atoms with Gasteiger partial charge < -0.3 is 9.64 Å². The SMILES string of the molecule is COCc1cc(N2CCCC2c2ccn[nH]2)ncn1. The van der Waals surface area contributed by atoms with Crippen molar-refractivity contribution in [3.8, 4) is 0 Å². The molecule has 1 saturated heterocycles. The highest BCUT2D eigenvalue weighted by molar-refractivity contribution is 5.43. The second-order valence-electron chi connectivity index (χ2n) is 4.66. The van der Waals surface area contributed by atoms with Crippen LogP contribution >= 0.6 is 0 Å². The van der Waals surface area contributed by atoms with Gasteiger partial charge in [0.05, 0.1) is 24.0 Å². The summed E-state index contributed by atoms with van der Waals surface area (Å²) in [6.45, 7) is 1.52. The van der Waals surface area contributed by atoms with Crippen LogP contribution in [-0.2, 0) is 11.3 Å². The van der Waals surface area contributed by atoms with Gasteiger partial charge in [0.15, 0.2) is 0 Å². The Morgan fingerprint density at radius 3 is 3.21 bits per heavy atom. The Labute approximate surface area is 111 Å². The van der Waals surface area contributed by atoms with E-state index < -0.39 is 0 Å². The Bertz CT molecular complexity index is 528. The second-order valence-corrected chi connectivity index (χ2v) is 4.66. The quantitative estimate of drug-likeness (QED) is 0.905. The van der Waals surface area contributed by atoms with Gasteiger partial charge in [-0.3, -0.25) is 5.10 Å². The lowest BCUT2D eigenvalue weighted by molar-refractivity contribution is 0.181. The first-order valence-corrected chi connectivity index (χ1v) is 6.44. The van der Waals surface area contributed by atoms with Crippen LogP contribution in [0.3, 0.4) is 0 Å². The maximum Gasteiger partial charge on any atom is 0.132 e. The molecule has 1 unspecified atom stereocenters. The molecule has 2 aromatic heterocycles. The summed E-state index contributed by atoms with van der Waals surface area (Å²) in [5.41, 5.74) is 2.05. The number of rotatable bonds is 4. The van der Waals surface area contributed by atoms with Crippen LogP contribution in [0.15, 0.2) is 24.7 Å². The summed E-state index contributed by atoms with van der Waals surface area (Å²) in [4.78, 5) is 10.9. The molecule has 0 radical (unpaired) electrons. The van der Waals surface area contributed by atoms with Crippen LogP contribution in [0.4, 0.5) is 5.82 Å². The van der Waals surface area contributed by atoms with Crippen LogP contribution in [0, 0.1) is 0 Å². The van der Waals surface area contributed by atoms with Crippen molar-refractivity contribution in [2.45, 2.75) is 25.5 Å². The van der Waals surface area contributed by atoms with Crippen molar-refractivity contribution < 1.29 is 4.74 Å². The number of hydrogen-bond acceptors (Lipinski definition) is 5. The fourth-order valence-corrected chi connectivity index (χ4v) is 2.59. The van der Waals surface area contributed by atoms with E-state index in [2.05, 4.69) is 25.1 Å². The van der Waals surface area contributed by atoms with E-state index in [0.29, 0.717) is 12.6 Å². The van der Waals surface area contributed by atoms with E-state index in [1.807, 2.05) is 12.1 Å². The molecule has 19 heavy (non-hydrogen) atoms. The van der Waals surface area contributed by atoms with E-state index >= 15 is 0 Å². The Morgan fingerprint density at radius 2 is 2.42 bits per heavy atom. The largest absolute Gasteiger partial charge is 0.378 e. The van der Waals surface area contributed by atoms with Crippen LogP contribution in [0.25, 0.3) is 0 Å². The van der Waals surface area contributed by atoms with Gasteiger partial charge in [-0.1, -0.05) is 0 Å². The predicted octanol–water partition coefficient (Wildman–Crippen LogP) is 1.69. The molecule has 0 saturated carbocycles. The Kier molecular flexibility index (Phi) is 3.41. The topological polar surface area (TPSA) is 66.9 Å². The normalized spacial score (nSPS) is 19.0. The molecule has 1 aliphatic rings. The van der Waals surface area contributed by atoms with E-state index in [4.69, 9.17) is 4.74 Å². The highest BCUT2D eigenvalue weighted by Gasteiger charge is 2.28. The first-order valence-electron chi connectivity index (χ1n) is 6.44. The summed E-state index contributed by atoms with van der Waals surface area (Å²) >= 11 is 0. The molecule has 100 valence electrons. The first kappa shape index (κ1) is 12.1. The monoisotopic (exact) mass is 259 g/mol. The molecule has 0 amide bonds. The number of methoxy groups -OCH3 is 1. The van der Waals surface area contributed by atoms with Gasteiger partial charge in [-0.25, -0.2) is 9.97 Å². The average molecular weight is 259 g/mol. The minimum Gasteiger partial charge on any atom is -0.378 e. The van der Waals surface area contributed by atoms with E-state index in [-0.39, 0.29) is 0 Å². The molecule has 0 aliphatic carbocycles. The molecule has 3 heterocycles. The molecule has 0 bridgehead atoms. The third-order valence-electron chi connectivity index (χ3n) is 3.43. The van der Waals surface area contributed by atoms with Gasteiger partial charge in [-0.05, 0) is 18.9 Å². The lowest BCUT2D eigenvalue weighted by Crippen LogP contribution is -2.24.